The number of amides is 14. The van der Waals surface area contributed by atoms with Crippen molar-refractivity contribution in [3.63, 3.8) is 0 Å². The molecule has 6 rings (SSSR count). The molecule has 14 amide bonds. The second-order valence-corrected chi connectivity index (χ2v) is 31.0. The molecule has 3 aliphatic heterocycles. The van der Waals surface area contributed by atoms with Gasteiger partial charge in [-0.25, -0.2) is 0 Å². The van der Waals surface area contributed by atoms with Crippen LogP contribution >= 0.6 is 0 Å². The third-order valence-corrected chi connectivity index (χ3v) is 21.7. The molecule has 0 aliphatic carbocycles. The predicted octanol–water partition coefficient (Wildman–Crippen LogP) is 2.59. The lowest BCUT2D eigenvalue weighted by Crippen LogP contribution is -2.63. The van der Waals surface area contributed by atoms with E-state index in [0.717, 1.165) is 43.8 Å². The summed E-state index contributed by atoms with van der Waals surface area (Å²) in [6.45, 7) is 19.0. The molecule has 3 fully saturated rings. The lowest BCUT2D eigenvalue weighted by molar-refractivity contribution is -0.152. The first-order valence-corrected chi connectivity index (χ1v) is 38.7. The summed E-state index contributed by atoms with van der Waals surface area (Å²) in [6.07, 6.45) is 0.673. The molecule has 0 saturated carbocycles. The zero-order chi connectivity index (χ0) is 81.7. The topological polar surface area (TPSA) is 357 Å². The van der Waals surface area contributed by atoms with Crippen molar-refractivity contribution in [2.45, 2.75) is 238 Å². The number of nitrogens with zero attached hydrogens (tertiary/aromatic N) is 8. The van der Waals surface area contributed by atoms with E-state index in [1.165, 1.54) is 79.8 Å². The molecule has 604 valence electrons. The molecular weight excluding hydrogens is 1410 g/mol. The number of likely N-dealkylation sites (N-methyl/N-ethyl adjacent to an activating group) is 6. The van der Waals surface area contributed by atoms with Gasteiger partial charge in [0, 0.05) is 81.2 Å². The Morgan fingerprint density at radius 3 is 1.59 bits per heavy atom. The van der Waals surface area contributed by atoms with Crippen LogP contribution in [0.1, 0.15) is 151 Å². The van der Waals surface area contributed by atoms with Crippen LogP contribution in [0.2, 0.25) is 0 Å². The molecule has 3 aliphatic rings. The zero-order valence-corrected chi connectivity index (χ0v) is 67.3. The van der Waals surface area contributed by atoms with E-state index >= 15 is 28.8 Å². The minimum absolute atomic E-state index is 0.00584. The third-order valence-electron chi connectivity index (χ3n) is 21.7. The zero-order valence-electron chi connectivity index (χ0n) is 67.3. The number of aliphatic hydroxyl groups excluding tert-OH is 1. The van der Waals surface area contributed by atoms with Gasteiger partial charge in [0.05, 0.1) is 12.5 Å². The van der Waals surface area contributed by atoms with Crippen molar-refractivity contribution in [3.8, 4) is 0 Å². The first-order chi connectivity index (χ1) is 51.9. The Hall–Kier alpha value is -9.80. The van der Waals surface area contributed by atoms with Gasteiger partial charge in [-0.05, 0) is 114 Å². The van der Waals surface area contributed by atoms with Crippen LogP contribution in [0.25, 0.3) is 0 Å². The smallest absolute Gasteiger partial charge is 0.248 e. The monoisotopic (exact) mass is 1530 g/mol. The Bertz CT molecular complexity index is 3690. The minimum Gasteiger partial charge on any atom is -0.391 e. The molecule has 7 N–H and O–H groups in total. The average molecular weight is 1530 g/mol. The molecule has 3 heterocycles. The number of carbonyl (C=O) groups is 14. The number of hydrogen-bond acceptors (Lipinski definition) is 15. The summed E-state index contributed by atoms with van der Waals surface area (Å²) < 4.78 is 0. The number of rotatable bonds is 22. The summed E-state index contributed by atoms with van der Waals surface area (Å²) in [5.41, 5.74) is 1.91. The van der Waals surface area contributed by atoms with E-state index in [2.05, 4.69) is 31.9 Å². The van der Waals surface area contributed by atoms with Gasteiger partial charge in [-0.3, -0.25) is 67.1 Å². The first kappa shape index (κ1) is 89.1. The molecule has 3 aromatic rings. The average Bonchev–Trinajstić information content (AvgIpc) is 1.28. The molecule has 0 aromatic heterocycles. The van der Waals surface area contributed by atoms with Gasteiger partial charge in [0.2, 0.25) is 82.7 Å². The highest BCUT2D eigenvalue weighted by atomic mass is 16.3. The van der Waals surface area contributed by atoms with E-state index in [9.17, 15) is 43.5 Å². The molecule has 0 radical (unpaired) electrons. The molecular formula is C81H120N14O15. The SMILES string of the molecule is CC[C@H](C)[C@@H]1NC(=O)[C@H](C)NC(=O)C[C@@H](C(=O)N(C)[C@@H](CC(C)C)C(=O)N(C)[C@@H](C)C(=O)N(C)[C@@H](Cc2ccccc2)C(=O)N[C@@H](C)C(=O)N2CCCCC2)NC(=O)[C@@H]2CCCN2C(=O)[C@H](CC(C)C)NC(=O)[C@H](Cc2ccccc2)N(C)C(=O)[C@H]([C@@H](C)O)NC(=O)[C@H](Cc2ccccc2)N(C)C(=O)[C@H](C)N(C)C1=O. The van der Waals surface area contributed by atoms with Crippen molar-refractivity contribution in [1.29, 1.82) is 0 Å². The normalized spacial score (nSPS) is 23.9. The fourth-order valence-corrected chi connectivity index (χ4v) is 14.3. The van der Waals surface area contributed by atoms with Gasteiger partial charge >= 0.3 is 0 Å². The van der Waals surface area contributed by atoms with Crippen molar-refractivity contribution >= 4 is 82.7 Å². The van der Waals surface area contributed by atoms with Crippen molar-refractivity contribution in [2.24, 2.45) is 17.8 Å². The van der Waals surface area contributed by atoms with Crippen molar-refractivity contribution in [3.05, 3.63) is 108 Å². The second kappa shape index (κ2) is 41.3. The van der Waals surface area contributed by atoms with Gasteiger partial charge < -0.3 is 76.2 Å². The van der Waals surface area contributed by atoms with Crippen LogP contribution in [0.4, 0.5) is 0 Å². The van der Waals surface area contributed by atoms with Crippen LogP contribution in [-0.4, -0.2) is 274 Å². The molecule has 3 aromatic carbocycles. The van der Waals surface area contributed by atoms with Gasteiger partial charge in [-0.15, -0.1) is 0 Å². The quantitative estimate of drug-likeness (QED) is 0.0760. The van der Waals surface area contributed by atoms with E-state index in [0.29, 0.717) is 36.2 Å². The van der Waals surface area contributed by atoms with Crippen molar-refractivity contribution < 1.29 is 72.2 Å². The highest BCUT2D eigenvalue weighted by Crippen LogP contribution is 2.25. The van der Waals surface area contributed by atoms with E-state index in [4.69, 9.17) is 0 Å². The van der Waals surface area contributed by atoms with Crippen molar-refractivity contribution in [1.82, 2.24) is 71.1 Å². The van der Waals surface area contributed by atoms with E-state index in [1.54, 1.807) is 124 Å². The van der Waals surface area contributed by atoms with Crippen LogP contribution in [0, 0.1) is 17.8 Å². The van der Waals surface area contributed by atoms with Crippen LogP contribution in [0.3, 0.4) is 0 Å². The van der Waals surface area contributed by atoms with Gasteiger partial charge in [0.15, 0.2) is 0 Å². The lowest BCUT2D eigenvalue weighted by atomic mass is 9.96. The predicted molar refractivity (Wildman–Crippen MR) is 414 cm³/mol. The van der Waals surface area contributed by atoms with Crippen LogP contribution < -0.4 is 31.9 Å². The van der Waals surface area contributed by atoms with Gasteiger partial charge in [0.25, 0.3) is 0 Å². The van der Waals surface area contributed by atoms with Gasteiger partial charge in [-0.1, -0.05) is 139 Å². The van der Waals surface area contributed by atoms with Gasteiger partial charge in [0.1, 0.15) is 78.5 Å². The number of likely N-dealkylation sites (tertiary alicyclic amines) is 1. The summed E-state index contributed by atoms with van der Waals surface area (Å²) in [5, 5.41) is 28.0. The summed E-state index contributed by atoms with van der Waals surface area (Å²) >= 11 is 0. The Balaban J connectivity index is 1.40. The minimum atomic E-state index is -1.83. The Kier molecular flexibility index (Phi) is 33.4. The third kappa shape index (κ3) is 23.6. The largest absolute Gasteiger partial charge is 0.391 e. The maximum atomic E-state index is 15.6. The highest BCUT2D eigenvalue weighted by molar-refractivity contribution is 6.01. The number of fused-ring (bicyclic) bond motifs is 1. The summed E-state index contributed by atoms with van der Waals surface area (Å²) in [7, 11) is 8.17. The van der Waals surface area contributed by atoms with Crippen LogP contribution in [0.15, 0.2) is 91.0 Å². The van der Waals surface area contributed by atoms with Crippen LogP contribution in [-0.2, 0) is 86.4 Å². The summed E-state index contributed by atoms with van der Waals surface area (Å²) in [4.78, 5) is 218. The Morgan fingerprint density at radius 1 is 0.545 bits per heavy atom. The first-order valence-electron chi connectivity index (χ1n) is 38.7. The number of nitrogens with one attached hydrogen (secondary N) is 6. The van der Waals surface area contributed by atoms with Crippen molar-refractivity contribution in [2.75, 3.05) is 61.9 Å². The number of carbonyl (C=O) groups excluding carboxylic acids is 14. The highest BCUT2D eigenvalue weighted by Gasteiger charge is 2.46. The van der Waals surface area contributed by atoms with Gasteiger partial charge in [-0.2, -0.15) is 0 Å². The number of hydrogen-bond donors (Lipinski definition) is 7. The molecule has 3 saturated heterocycles. The van der Waals surface area contributed by atoms with Crippen LogP contribution in [0.5, 0.6) is 0 Å². The van der Waals surface area contributed by atoms with E-state index in [1.807, 2.05) is 19.9 Å². The second-order valence-electron chi connectivity index (χ2n) is 31.0. The molecule has 29 heteroatoms. The maximum Gasteiger partial charge on any atom is 0.248 e. The molecule has 110 heavy (non-hydrogen) atoms. The molecule has 0 unspecified atom stereocenters. The fourth-order valence-electron chi connectivity index (χ4n) is 14.3. The maximum absolute atomic E-state index is 15.6. The number of benzene rings is 3. The Labute approximate surface area is 648 Å². The molecule has 0 spiro atoms. The summed E-state index contributed by atoms with van der Waals surface area (Å²) in [5.74, 6) is -11.8. The molecule has 0 bridgehead atoms. The number of piperidine rings is 1. The van der Waals surface area contributed by atoms with E-state index in [-0.39, 0.29) is 69.2 Å². The number of aliphatic hydroxyl groups is 1. The van der Waals surface area contributed by atoms with E-state index < -0.39 is 174 Å². The lowest BCUT2D eigenvalue weighted by Gasteiger charge is -2.38. The molecule has 29 nitrogen and oxygen atoms in total. The standard InChI is InChI=1S/C81H120N14O15/c1-18-50(6)67-80(109)89(13)54(10)76(105)91(15)64(46-58-36-27-21-28-37-58)73(102)87-68(55(11)96)81(110)92(16)63(45-57-34-25-20-26-35-57)72(101)84-59(42-48(2)3)78(107)95-41-31-38-61(95)70(99)85-60(47-66(97)82-51(7)69(98)86-67)77(106)93(17)65(43-49(4)5)79(108)88(12)53(9)75(104)90(14)62(44-56-32-23-19-24-33-56)71(100)83-52(8)74(103)94-39-29-22-30-40-94/h19-21,23-28,32-37,48-55,59-65,67-68,96H,18,22,29-31,38-47H2,1-17H3,(H,82,97)(H,83,100)(H,84,101)(H,85,99)(H,86,98)(H,87,102)/t50-,51-,52-,53-,54-,55+,59-,60-,61-,62-,63-,64-,65-,67-,68-/m0/s1. The fraction of sp³-hybridized carbons (Fsp3) is 0.605. The summed E-state index contributed by atoms with van der Waals surface area (Å²) in [6, 6.07) is 8.59. The Morgan fingerprint density at radius 2 is 1.06 bits per heavy atom. The molecule has 15 atom stereocenters.